The van der Waals surface area contributed by atoms with Gasteiger partial charge in [0.1, 0.15) is 0 Å². The summed E-state index contributed by atoms with van der Waals surface area (Å²) in [6.07, 6.45) is 1.04. The molecule has 0 saturated carbocycles. The lowest BCUT2D eigenvalue weighted by Crippen LogP contribution is -2.36. The van der Waals surface area contributed by atoms with Gasteiger partial charge in [-0.3, -0.25) is 14.3 Å². The SMILES string of the molecule is CCCNCCNC(=O)c1nn(CC)c2ccccc2c1=O.Cl. The van der Waals surface area contributed by atoms with Gasteiger partial charge in [0.05, 0.1) is 5.52 Å². The molecule has 6 nitrogen and oxygen atoms in total. The number of para-hydroxylation sites is 1. The summed E-state index contributed by atoms with van der Waals surface area (Å²) in [4.78, 5) is 24.6. The molecule has 2 N–H and O–H groups in total. The molecule has 0 aliphatic carbocycles. The summed E-state index contributed by atoms with van der Waals surface area (Å²) in [6, 6.07) is 7.21. The van der Waals surface area contributed by atoms with Gasteiger partial charge in [-0.2, -0.15) is 5.10 Å². The average molecular weight is 339 g/mol. The molecule has 1 amide bonds. The summed E-state index contributed by atoms with van der Waals surface area (Å²) in [5, 5.41) is 10.7. The summed E-state index contributed by atoms with van der Waals surface area (Å²) < 4.78 is 1.68. The Morgan fingerprint density at radius 1 is 1.17 bits per heavy atom. The third-order valence-electron chi connectivity index (χ3n) is 3.39. The molecule has 2 aromatic rings. The van der Waals surface area contributed by atoms with Crippen LogP contribution < -0.4 is 16.1 Å². The van der Waals surface area contributed by atoms with Gasteiger partial charge in [-0.15, -0.1) is 12.4 Å². The Kier molecular flexibility index (Phi) is 7.71. The largest absolute Gasteiger partial charge is 0.349 e. The summed E-state index contributed by atoms with van der Waals surface area (Å²) >= 11 is 0. The first-order valence-electron chi connectivity index (χ1n) is 7.67. The molecule has 0 spiro atoms. The number of hydrogen-bond acceptors (Lipinski definition) is 4. The van der Waals surface area contributed by atoms with Crippen molar-refractivity contribution in [1.29, 1.82) is 0 Å². The normalized spacial score (nSPS) is 10.3. The lowest BCUT2D eigenvalue weighted by Gasteiger charge is -2.10. The van der Waals surface area contributed by atoms with Crippen molar-refractivity contribution in [3.8, 4) is 0 Å². The van der Waals surface area contributed by atoms with E-state index in [0.717, 1.165) is 18.5 Å². The molecule has 0 unspecified atom stereocenters. The second kappa shape index (κ2) is 9.27. The number of halogens is 1. The molecule has 126 valence electrons. The summed E-state index contributed by atoms with van der Waals surface area (Å²) in [7, 11) is 0. The van der Waals surface area contributed by atoms with E-state index >= 15 is 0 Å². The standard InChI is InChI=1S/C16H22N4O2.ClH/c1-3-9-17-10-11-18-16(22)14-15(21)12-7-5-6-8-13(12)20(4-2)19-14;/h5-8,17H,3-4,9-11H2,1-2H3,(H,18,22);1H. The van der Waals surface area contributed by atoms with Crippen molar-refractivity contribution in [2.75, 3.05) is 19.6 Å². The Balaban J connectivity index is 0.00000264. The fourth-order valence-corrected chi connectivity index (χ4v) is 2.28. The predicted octanol–water partition coefficient (Wildman–Crippen LogP) is 1.57. The van der Waals surface area contributed by atoms with Crippen molar-refractivity contribution in [3.05, 3.63) is 40.2 Å². The molecule has 23 heavy (non-hydrogen) atoms. The molecule has 1 aromatic heterocycles. The van der Waals surface area contributed by atoms with E-state index in [9.17, 15) is 9.59 Å². The van der Waals surface area contributed by atoms with Crippen molar-refractivity contribution < 1.29 is 4.79 Å². The highest BCUT2D eigenvalue weighted by molar-refractivity contribution is 5.95. The smallest absolute Gasteiger partial charge is 0.275 e. The number of nitrogens with zero attached hydrogens (tertiary/aromatic N) is 2. The minimum absolute atomic E-state index is 0. The van der Waals surface area contributed by atoms with E-state index in [1.54, 1.807) is 16.8 Å². The lowest BCUT2D eigenvalue weighted by atomic mass is 10.2. The second-order valence-corrected chi connectivity index (χ2v) is 5.02. The molecule has 1 heterocycles. The van der Waals surface area contributed by atoms with E-state index in [-0.39, 0.29) is 23.5 Å². The summed E-state index contributed by atoms with van der Waals surface area (Å²) in [5.74, 6) is -0.420. The summed E-state index contributed by atoms with van der Waals surface area (Å²) in [5.41, 5.74) is 0.381. The van der Waals surface area contributed by atoms with Crippen molar-refractivity contribution in [1.82, 2.24) is 20.4 Å². The van der Waals surface area contributed by atoms with Crippen LogP contribution in [-0.4, -0.2) is 35.3 Å². The fourth-order valence-electron chi connectivity index (χ4n) is 2.28. The quantitative estimate of drug-likeness (QED) is 0.751. The molecular weight excluding hydrogens is 316 g/mol. The van der Waals surface area contributed by atoms with Gasteiger partial charge in [0.2, 0.25) is 5.43 Å². The van der Waals surface area contributed by atoms with E-state index in [4.69, 9.17) is 0 Å². The number of carbonyl (C=O) groups excluding carboxylic acids is 1. The number of rotatable bonds is 7. The molecule has 0 aliphatic heterocycles. The first-order chi connectivity index (χ1) is 10.7. The van der Waals surface area contributed by atoms with Crippen molar-refractivity contribution in [2.45, 2.75) is 26.8 Å². The number of hydrogen-bond donors (Lipinski definition) is 2. The van der Waals surface area contributed by atoms with Crippen LogP contribution in [0, 0.1) is 0 Å². The number of aromatic nitrogens is 2. The van der Waals surface area contributed by atoms with E-state index in [1.807, 2.05) is 19.1 Å². The fraction of sp³-hybridized carbons (Fsp3) is 0.438. The third-order valence-corrected chi connectivity index (χ3v) is 3.39. The van der Waals surface area contributed by atoms with Gasteiger partial charge in [0.25, 0.3) is 5.91 Å². The maximum Gasteiger partial charge on any atom is 0.275 e. The number of nitrogens with one attached hydrogen (secondary N) is 2. The molecular formula is C16H23ClN4O2. The van der Waals surface area contributed by atoms with Crippen LogP contribution in [0.4, 0.5) is 0 Å². The number of amides is 1. The number of aryl methyl sites for hydroxylation is 1. The van der Waals surface area contributed by atoms with Crippen LogP contribution in [0.25, 0.3) is 10.9 Å². The first kappa shape index (κ1) is 19.1. The van der Waals surface area contributed by atoms with Crippen LogP contribution in [0.1, 0.15) is 30.8 Å². The van der Waals surface area contributed by atoms with Gasteiger partial charge in [-0.25, -0.2) is 0 Å². The zero-order valence-corrected chi connectivity index (χ0v) is 14.3. The highest BCUT2D eigenvalue weighted by Crippen LogP contribution is 2.09. The molecule has 0 aliphatic rings. The Morgan fingerprint density at radius 2 is 1.91 bits per heavy atom. The molecule has 0 atom stereocenters. The third kappa shape index (κ3) is 4.53. The molecule has 1 aromatic carbocycles. The van der Waals surface area contributed by atoms with Crippen LogP contribution in [0.15, 0.2) is 29.1 Å². The highest BCUT2D eigenvalue weighted by atomic mass is 35.5. The van der Waals surface area contributed by atoms with E-state index in [1.165, 1.54) is 0 Å². The maximum atomic E-state index is 12.4. The molecule has 0 radical (unpaired) electrons. The number of benzene rings is 1. The van der Waals surface area contributed by atoms with Gasteiger partial charge in [-0.1, -0.05) is 19.1 Å². The van der Waals surface area contributed by atoms with Crippen molar-refractivity contribution in [2.24, 2.45) is 0 Å². The van der Waals surface area contributed by atoms with Crippen LogP contribution in [0.2, 0.25) is 0 Å². The van der Waals surface area contributed by atoms with Gasteiger partial charge >= 0.3 is 0 Å². The summed E-state index contributed by atoms with van der Waals surface area (Å²) in [6.45, 7) is 6.66. The minimum Gasteiger partial charge on any atom is -0.349 e. The number of carbonyl (C=O) groups is 1. The van der Waals surface area contributed by atoms with Gasteiger partial charge < -0.3 is 10.6 Å². The zero-order chi connectivity index (χ0) is 15.9. The lowest BCUT2D eigenvalue weighted by molar-refractivity contribution is 0.0946. The van der Waals surface area contributed by atoms with Crippen LogP contribution >= 0.6 is 12.4 Å². The molecule has 0 fully saturated rings. The Bertz CT molecular complexity index is 715. The Morgan fingerprint density at radius 3 is 2.61 bits per heavy atom. The molecule has 2 rings (SSSR count). The monoisotopic (exact) mass is 338 g/mol. The highest BCUT2D eigenvalue weighted by Gasteiger charge is 2.16. The van der Waals surface area contributed by atoms with Gasteiger partial charge in [-0.05, 0) is 32.0 Å². The topological polar surface area (TPSA) is 76.0 Å². The number of fused-ring (bicyclic) bond motifs is 1. The first-order valence-corrected chi connectivity index (χ1v) is 7.67. The van der Waals surface area contributed by atoms with Crippen LogP contribution in [0.5, 0.6) is 0 Å². The van der Waals surface area contributed by atoms with E-state index < -0.39 is 5.91 Å². The average Bonchev–Trinajstić information content (AvgIpc) is 2.55. The predicted molar refractivity (Wildman–Crippen MR) is 94.4 cm³/mol. The minimum atomic E-state index is -0.420. The van der Waals surface area contributed by atoms with Gasteiger partial charge in [0.15, 0.2) is 5.69 Å². The second-order valence-electron chi connectivity index (χ2n) is 5.02. The molecule has 0 saturated heterocycles. The van der Waals surface area contributed by atoms with Crippen molar-refractivity contribution in [3.63, 3.8) is 0 Å². The van der Waals surface area contributed by atoms with Crippen LogP contribution in [0.3, 0.4) is 0 Å². The Labute approximate surface area is 141 Å². The maximum absolute atomic E-state index is 12.4. The van der Waals surface area contributed by atoms with Gasteiger partial charge in [0, 0.05) is 25.0 Å². The zero-order valence-electron chi connectivity index (χ0n) is 13.5. The molecule has 0 bridgehead atoms. The van der Waals surface area contributed by atoms with E-state index in [0.29, 0.717) is 25.0 Å². The molecule has 7 heteroatoms. The van der Waals surface area contributed by atoms with Crippen LogP contribution in [-0.2, 0) is 6.54 Å². The van der Waals surface area contributed by atoms with Crippen molar-refractivity contribution >= 4 is 29.2 Å². The van der Waals surface area contributed by atoms with E-state index in [2.05, 4.69) is 22.7 Å². The Hall–Kier alpha value is -1.92.